The van der Waals surface area contributed by atoms with Gasteiger partial charge in [0.15, 0.2) is 0 Å². The maximum absolute atomic E-state index is 12.5. The molecule has 6 heteroatoms. The van der Waals surface area contributed by atoms with Crippen molar-refractivity contribution in [2.45, 2.75) is 19.1 Å². The Morgan fingerprint density at radius 3 is 2.79 bits per heavy atom. The first-order valence-electron chi connectivity index (χ1n) is 7.95. The molecule has 0 saturated carbocycles. The highest BCUT2D eigenvalue weighted by atomic mass is 32.1. The van der Waals surface area contributed by atoms with Gasteiger partial charge in [0.1, 0.15) is 5.75 Å². The molecule has 1 aromatic heterocycles. The van der Waals surface area contributed by atoms with Crippen molar-refractivity contribution < 1.29 is 9.53 Å². The van der Waals surface area contributed by atoms with Gasteiger partial charge in [-0.15, -0.1) is 0 Å². The Hall–Kier alpha value is -2.05. The highest BCUT2D eigenvalue weighted by Gasteiger charge is 2.24. The number of ether oxygens (including phenoxy) is 1. The van der Waals surface area contributed by atoms with Crippen LogP contribution in [0.3, 0.4) is 0 Å². The maximum atomic E-state index is 12.5. The number of carbonyl (C=O) groups is 1. The van der Waals surface area contributed by atoms with Crippen LogP contribution in [-0.4, -0.2) is 43.6 Å². The van der Waals surface area contributed by atoms with Gasteiger partial charge >= 0.3 is 6.03 Å². The second-order valence-electron chi connectivity index (χ2n) is 6.21. The van der Waals surface area contributed by atoms with Crippen molar-refractivity contribution in [1.82, 2.24) is 15.1 Å². The quantitative estimate of drug-likeness (QED) is 0.906. The number of hydrogen-bond donors (Lipinski definition) is 1. The zero-order valence-electron chi connectivity index (χ0n) is 14.3. The summed E-state index contributed by atoms with van der Waals surface area (Å²) in [5, 5.41) is 7.28. The summed E-state index contributed by atoms with van der Waals surface area (Å²) in [6.45, 7) is 1.87. The van der Waals surface area contributed by atoms with Crippen LogP contribution >= 0.6 is 11.3 Å². The molecule has 2 aromatic rings. The average molecular weight is 345 g/mol. The van der Waals surface area contributed by atoms with Crippen LogP contribution in [-0.2, 0) is 13.1 Å². The molecule has 0 fully saturated rings. The van der Waals surface area contributed by atoms with E-state index in [0.717, 1.165) is 11.3 Å². The highest BCUT2D eigenvalue weighted by molar-refractivity contribution is 7.07. The molecule has 0 radical (unpaired) electrons. The van der Waals surface area contributed by atoms with Gasteiger partial charge in [-0.25, -0.2) is 4.79 Å². The van der Waals surface area contributed by atoms with Gasteiger partial charge in [-0.2, -0.15) is 11.3 Å². The molecule has 0 saturated heterocycles. The van der Waals surface area contributed by atoms with Crippen LogP contribution in [0.4, 0.5) is 4.79 Å². The van der Waals surface area contributed by atoms with Crippen molar-refractivity contribution in [3.63, 3.8) is 0 Å². The number of likely N-dealkylation sites (N-methyl/N-ethyl adjacent to an activating group) is 1. The van der Waals surface area contributed by atoms with Crippen LogP contribution in [0.2, 0.25) is 0 Å². The first kappa shape index (κ1) is 16.8. The lowest BCUT2D eigenvalue weighted by molar-refractivity contribution is 0.193. The van der Waals surface area contributed by atoms with E-state index in [-0.39, 0.29) is 12.1 Å². The third-order valence-electron chi connectivity index (χ3n) is 4.42. The molecule has 1 aliphatic heterocycles. The molecular formula is C18H23N3O2S. The van der Waals surface area contributed by atoms with E-state index in [2.05, 4.69) is 27.0 Å². The molecule has 0 aliphatic carbocycles. The normalized spacial score (nSPS) is 14.6. The van der Waals surface area contributed by atoms with E-state index in [4.69, 9.17) is 4.74 Å². The molecule has 1 unspecified atom stereocenters. The summed E-state index contributed by atoms with van der Waals surface area (Å²) >= 11 is 1.68. The molecule has 2 heterocycles. The smallest absolute Gasteiger partial charge is 0.318 e. The van der Waals surface area contributed by atoms with Crippen LogP contribution in [0.1, 0.15) is 22.7 Å². The van der Waals surface area contributed by atoms with Gasteiger partial charge in [-0.1, -0.05) is 6.07 Å². The molecule has 24 heavy (non-hydrogen) atoms. The van der Waals surface area contributed by atoms with E-state index in [9.17, 15) is 4.79 Å². The Morgan fingerprint density at radius 2 is 2.12 bits per heavy atom. The molecule has 1 atom stereocenters. The summed E-state index contributed by atoms with van der Waals surface area (Å²) in [7, 11) is 5.73. The number of nitrogens with zero attached hydrogens (tertiary/aromatic N) is 2. The monoisotopic (exact) mass is 345 g/mol. The van der Waals surface area contributed by atoms with Gasteiger partial charge < -0.3 is 19.9 Å². The number of benzene rings is 1. The number of methoxy groups -OCH3 is 1. The second-order valence-corrected chi connectivity index (χ2v) is 6.99. The largest absolute Gasteiger partial charge is 0.497 e. The zero-order chi connectivity index (χ0) is 17.1. The van der Waals surface area contributed by atoms with E-state index in [1.165, 1.54) is 11.1 Å². The predicted octanol–water partition coefficient (Wildman–Crippen LogP) is 3.08. The molecule has 2 amide bonds. The summed E-state index contributed by atoms with van der Waals surface area (Å²) in [5.41, 5.74) is 3.58. The Kier molecular flexibility index (Phi) is 5.06. The molecule has 128 valence electrons. The Labute approximate surface area is 146 Å². The third-order valence-corrected chi connectivity index (χ3v) is 5.12. The second kappa shape index (κ2) is 7.23. The maximum Gasteiger partial charge on any atom is 0.318 e. The van der Waals surface area contributed by atoms with Crippen molar-refractivity contribution in [1.29, 1.82) is 0 Å². The molecule has 5 nitrogen and oxygen atoms in total. The van der Waals surface area contributed by atoms with E-state index in [0.29, 0.717) is 19.6 Å². The SMILES string of the molecule is COc1ccc2c(c1)CN(C(=O)NCC(c1ccsc1)N(C)C)C2. The standard InChI is InChI=1S/C18H23N3O2S/c1-20(2)17(14-6-7-24-12-14)9-19-18(22)21-10-13-4-5-16(23-3)8-15(13)11-21/h4-8,12,17H,9-11H2,1-3H3,(H,19,22). The fourth-order valence-electron chi connectivity index (χ4n) is 3.00. The van der Waals surface area contributed by atoms with Gasteiger partial charge in [-0.3, -0.25) is 0 Å². The predicted molar refractivity (Wildman–Crippen MR) is 96.4 cm³/mol. The lowest BCUT2D eigenvalue weighted by Gasteiger charge is -2.25. The van der Waals surface area contributed by atoms with Crippen LogP contribution < -0.4 is 10.1 Å². The van der Waals surface area contributed by atoms with E-state index in [1.54, 1.807) is 18.4 Å². The number of carbonyl (C=O) groups excluding carboxylic acids is 1. The number of amides is 2. The number of thiophene rings is 1. The summed E-state index contributed by atoms with van der Waals surface area (Å²) < 4.78 is 5.26. The Morgan fingerprint density at radius 1 is 1.33 bits per heavy atom. The highest BCUT2D eigenvalue weighted by Crippen LogP contribution is 2.27. The molecule has 1 aliphatic rings. The van der Waals surface area contributed by atoms with Crippen molar-refractivity contribution in [2.75, 3.05) is 27.7 Å². The summed E-state index contributed by atoms with van der Waals surface area (Å²) in [6.07, 6.45) is 0. The van der Waals surface area contributed by atoms with Crippen molar-refractivity contribution in [3.8, 4) is 5.75 Å². The number of hydrogen-bond acceptors (Lipinski definition) is 4. The molecule has 1 aromatic carbocycles. The molecule has 3 rings (SSSR count). The molecule has 1 N–H and O–H groups in total. The van der Waals surface area contributed by atoms with Gasteiger partial charge in [0.05, 0.1) is 13.2 Å². The fourth-order valence-corrected chi connectivity index (χ4v) is 3.71. The first-order valence-corrected chi connectivity index (χ1v) is 8.90. The number of urea groups is 1. The summed E-state index contributed by atoms with van der Waals surface area (Å²) in [4.78, 5) is 16.5. The van der Waals surface area contributed by atoms with E-state index in [1.807, 2.05) is 37.2 Å². The fraction of sp³-hybridized carbons (Fsp3) is 0.389. The van der Waals surface area contributed by atoms with Gasteiger partial charge in [0.2, 0.25) is 0 Å². The van der Waals surface area contributed by atoms with Crippen LogP contribution in [0.25, 0.3) is 0 Å². The number of rotatable bonds is 5. The lowest BCUT2D eigenvalue weighted by atomic mass is 10.1. The number of nitrogens with one attached hydrogen (secondary N) is 1. The minimum absolute atomic E-state index is 0.0211. The van der Waals surface area contributed by atoms with Crippen LogP contribution in [0.15, 0.2) is 35.0 Å². The third kappa shape index (κ3) is 3.55. The van der Waals surface area contributed by atoms with Gasteiger partial charge in [-0.05, 0) is 59.7 Å². The molecular weight excluding hydrogens is 322 g/mol. The van der Waals surface area contributed by atoms with Crippen molar-refractivity contribution in [2.24, 2.45) is 0 Å². The minimum atomic E-state index is -0.0211. The minimum Gasteiger partial charge on any atom is -0.497 e. The molecule has 0 bridgehead atoms. The number of fused-ring (bicyclic) bond motifs is 1. The van der Waals surface area contributed by atoms with E-state index >= 15 is 0 Å². The van der Waals surface area contributed by atoms with Gasteiger partial charge in [0, 0.05) is 19.6 Å². The van der Waals surface area contributed by atoms with E-state index < -0.39 is 0 Å². The summed E-state index contributed by atoms with van der Waals surface area (Å²) in [6, 6.07) is 8.27. The van der Waals surface area contributed by atoms with Crippen molar-refractivity contribution in [3.05, 3.63) is 51.7 Å². The zero-order valence-corrected chi connectivity index (χ0v) is 15.1. The first-order chi connectivity index (χ1) is 11.6. The lowest BCUT2D eigenvalue weighted by Crippen LogP contribution is -2.40. The summed E-state index contributed by atoms with van der Waals surface area (Å²) in [5.74, 6) is 0.834. The average Bonchev–Trinajstić information content (AvgIpc) is 3.23. The topological polar surface area (TPSA) is 44.8 Å². The Bertz CT molecular complexity index is 700. The van der Waals surface area contributed by atoms with Crippen LogP contribution in [0, 0.1) is 0 Å². The van der Waals surface area contributed by atoms with Crippen molar-refractivity contribution >= 4 is 17.4 Å². The van der Waals surface area contributed by atoms with Gasteiger partial charge in [0.25, 0.3) is 0 Å². The van der Waals surface area contributed by atoms with Crippen LogP contribution in [0.5, 0.6) is 5.75 Å². The Balaban J connectivity index is 1.60. The molecule has 0 spiro atoms.